The standard InChI is InChI=1S/C20H23NO4/c1-14(19(22)21-10-6-3-7-11-21)25-20(23)17-12-15-8-4-5-9-16(15)13-18(17)24-2/h4-5,8-9,12-14H,3,6-7,10-11H2,1-2H3/t14-/m0/s1. The van der Waals surface area contributed by atoms with Crippen molar-refractivity contribution in [2.24, 2.45) is 0 Å². The molecule has 1 aliphatic heterocycles. The predicted octanol–water partition coefficient (Wildman–Crippen LogP) is 3.41. The van der Waals surface area contributed by atoms with E-state index in [0.717, 1.165) is 43.1 Å². The van der Waals surface area contributed by atoms with E-state index in [0.29, 0.717) is 11.3 Å². The van der Waals surface area contributed by atoms with Gasteiger partial charge in [0.15, 0.2) is 6.10 Å². The molecule has 0 bridgehead atoms. The molecular formula is C20H23NO4. The van der Waals surface area contributed by atoms with E-state index in [9.17, 15) is 9.59 Å². The van der Waals surface area contributed by atoms with E-state index in [4.69, 9.17) is 9.47 Å². The summed E-state index contributed by atoms with van der Waals surface area (Å²) in [6.07, 6.45) is 2.35. The van der Waals surface area contributed by atoms with Crippen LogP contribution >= 0.6 is 0 Å². The summed E-state index contributed by atoms with van der Waals surface area (Å²) in [5.41, 5.74) is 0.333. The van der Waals surface area contributed by atoms with Gasteiger partial charge < -0.3 is 14.4 Å². The summed E-state index contributed by atoms with van der Waals surface area (Å²) < 4.78 is 10.8. The molecule has 0 unspecified atom stereocenters. The van der Waals surface area contributed by atoms with Gasteiger partial charge in [0.05, 0.1) is 7.11 Å². The molecule has 0 aliphatic carbocycles. The lowest BCUT2D eigenvalue weighted by atomic mass is 10.1. The molecule has 2 aromatic carbocycles. The number of hydrogen-bond acceptors (Lipinski definition) is 4. The Kier molecular flexibility index (Phi) is 5.22. The SMILES string of the molecule is COc1cc2ccccc2cc1C(=O)O[C@@H](C)C(=O)N1CCCCC1. The topological polar surface area (TPSA) is 55.8 Å². The fraction of sp³-hybridized carbons (Fsp3) is 0.400. The van der Waals surface area contributed by atoms with E-state index in [1.54, 1.807) is 17.9 Å². The highest BCUT2D eigenvalue weighted by Gasteiger charge is 2.26. The summed E-state index contributed by atoms with van der Waals surface area (Å²) in [7, 11) is 1.52. The van der Waals surface area contributed by atoms with Gasteiger partial charge >= 0.3 is 5.97 Å². The first-order valence-corrected chi connectivity index (χ1v) is 8.66. The van der Waals surface area contributed by atoms with Crippen LogP contribution in [0.25, 0.3) is 10.8 Å². The number of piperidine rings is 1. The van der Waals surface area contributed by atoms with Crippen LogP contribution in [0.15, 0.2) is 36.4 Å². The Morgan fingerprint density at radius 3 is 2.32 bits per heavy atom. The number of carbonyl (C=O) groups excluding carboxylic acids is 2. The van der Waals surface area contributed by atoms with Gasteiger partial charge in [0.2, 0.25) is 0 Å². The number of ether oxygens (including phenoxy) is 2. The van der Waals surface area contributed by atoms with Gasteiger partial charge in [-0.2, -0.15) is 0 Å². The first-order chi connectivity index (χ1) is 12.1. The van der Waals surface area contributed by atoms with E-state index in [2.05, 4.69) is 0 Å². The predicted molar refractivity (Wildman–Crippen MR) is 95.8 cm³/mol. The number of benzene rings is 2. The lowest BCUT2D eigenvalue weighted by molar-refractivity contribution is -0.140. The van der Waals surface area contributed by atoms with Crippen molar-refractivity contribution >= 4 is 22.6 Å². The van der Waals surface area contributed by atoms with E-state index in [-0.39, 0.29) is 5.91 Å². The van der Waals surface area contributed by atoms with Crippen molar-refractivity contribution in [2.75, 3.05) is 20.2 Å². The quantitative estimate of drug-likeness (QED) is 0.800. The molecule has 1 fully saturated rings. The normalized spacial score (nSPS) is 15.7. The van der Waals surface area contributed by atoms with Gasteiger partial charge in [0.1, 0.15) is 11.3 Å². The van der Waals surface area contributed by atoms with Gasteiger partial charge in [-0.15, -0.1) is 0 Å². The van der Waals surface area contributed by atoms with Gasteiger partial charge in [0, 0.05) is 13.1 Å². The van der Waals surface area contributed by atoms with Gasteiger partial charge in [-0.3, -0.25) is 4.79 Å². The lowest BCUT2D eigenvalue weighted by Crippen LogP contribution is -2.42. The smallest absolute Gasteiger partial charge is 0.342 e. The molecule has 25 heavy (non-hydrogen) atoms. The highest BCUT2D eigenvalue weighted by molar-refractivity contribution is 5.99. The van der Waals surface area contributed by atoms with Crippen LogP contribution in [0.2, 0.25) is 0 Å². The number of fused-ring (bicyclic) bond motifs is 1. The minimum atomic E-state index is -0.804. The Morgan fingerprint density at radius 2 is 1.68 bits per heavy atom. The molecule has 132 valence electrons. The van der Waals surface area contributed by atoms with Crippen LogP contribution in [0.5, 0.6) is 5.75 Å². The molecular weight excluding hydrogens is 318 g/mol. The maximum Gasteiger partial charge on any atom is 0.342 e. The third kappa shape index (κ3) is 3.76. The van der Waals surface area contributed by atoms with Crippen molar-refractivity contribution in [3.8, 4) is 5.75 Å². The zero-order chi connectivity index (χ0) is 17.8. The van der Waals surface area contributed by atoms with Crippen molar-refractivity contribution in [1.82, 2.24) is 4.90 Å². The summed E-state index contributed by atoms with van der Waals surface area (Å²) >= 11 is 0. The number of hydrogen-bond donors (Lipinski definition) is 0. The van der Waals surface area contributed by atoms with E-state index in [1.165, 1.54) is 7.11 Å². The number of nitrogens with zero attached hydrogens (tertiary/aromatic N) is 1. The average molecular weight is 341 g/mol. The van der Waals surface area contributed by atoms with Crippen LogP contribution in [0.4, 0.5) is 0 Å². The molecule has 0 saturated carbocycles. The zero-order valence-electron chi connectivity index (χ0n) is 14.7. The minimum Gasteiger partial charge on any atom is -0.496 e. The Bertz CT molecular complexity index is 780. The van der Waals surface area contributed by atoms with E-state index >= 15 is 0 Å². The Morgan fingerprint density at radius 1 is 1.04 bits per heavy atom. The fourth-order valence-electron chi connectivity index (χ4n) is 3.19. The number of likely N-dealkylation sites (tertiary alicyclic amines) is 1. The van der Waals surface area contributed by atoms with Crippen LogP contribution in [0, 0.1) is 0 Å². The highest BCUT2D eigenvalue weighted by Crippen LogP contribution is 2.27. The monoisotopic (exact) mass is 341 g/mol. The molecule has 1 amide bonds. The number of carbonyl (C=O) groups is 2. The highest BCUT2D eigenvalue weighted by atomic mass is 16.5. The molecule has 0 aromatic heterocycles. The second-order valence-corrected chi connectivity index (χ2v) is 6.33. The van der Waals surface area contributed by atoms with Crippen molar-refractivity contribution < 1.29 is 19.1 Å². The van der Waals surface area contributed by atoms with Crippen LogP contribution < -0.4 is 4.74 Å². The number of amides is 1. The first-order valence-electron chi connectivity index (χ1n) is 8.66. The number of esters is 1. The molecule has 1 heterocycles. The number of rotatable bonds is 4. The molecule has 5 nitrogen and oxygen atoms in total. The summed E-state index contributed by atoms with van der Waals surface area (Å²) in [6.45, 7) is 3.10. The van der Waals surface area contributed by atoms with Crippen LogP contribution in [0.1, 0.15) is 36.5 Å². The average Bonchev–Trinajstić information content (AvgIpc) is 2.66. The van der Waals surface area contributed by atoms with E-state index in [1.807, 2.05) is 30.3 Å². The van der Waals surface area contributed by atoms with Gasteiger partial charge in [0.25, 0.3) is 5.91 Å². The maximum absolute atomic E-state index is 12.6. The first kappa shape index (κ1) is 17.3. The van der Waals surface area contributed by atoms with E-state index < -0.39 is 12.1 Å². The molecule has 1 aliphatic rings. The van der Waals surface area contributed by atoms with Gasteiger partial charge in [-0.1, -0.05) is 24.3 Å². The van der Waals surface area contributed by atoms with Crippen LogP contribution in [-0.2, 0) is 9.53 Å². The van der Waals surface area contributed by atoms with Gasteiger partial charge in [-0.25, -0.2) is 4.79 Å². The maximum atomic E-state index is 12.6. The summed E-state index contributed by atoms with van der Waals surface area (Å²) in [4.78, 5) is 26.8. The summed E-state index contributed by atoms with van der Waals surface area (Å²) in [5.74, 6) is -0.227. The fourth-order valence-corrected chi connectivity index (χ4v) is 3.19. The third-order valence-electron chi connectivity index (χ3n) is 4.59. The second-order valence-electron chi connectivity index (χ2n) is 6.33. The van der Waals surface area contributed by atoms with Crippen molar-refractivity contribution in [3.63, 3.8) is 0 Å². The molecule has 0 spiro atoms. The Hall–Kier alpha value is -2.56. The third-order valence-corrected chi connectivity index (χ3v) is 4.59. The Balaban J connectivity index is 1.78. The lowest BCUT2D eigenvalue weighted by Gasteiger charge is -2.29. The second kappa shape index (κ2) is 7.55. The molecule has 1 atom stereocenters. The van der Waals surface area contributed by atoms with Crippen LogP contribution in [0.3, 0.4) is 0 Å². The molecule has 0 N–H and O–H groups in total. The molecule has 5 heteroatoms. The minimum absolute atomic E-state index is 0.132. The van der Waals surface area contributed by atoms with Crippen LogP contribution in [-0.4, -0.2) is 43.1 Å². The zero-order valence-corrected chi connectivity index (χ0v) is 14.7. The van der Waals surface area contributed by atoms with Gasteiger partial charge in [-0.05, 0) is 49.1 Å². The van der Waals surface area contributed by atoms with Crippen molar-refractivity contribution in [3.05, 3.63) is 42.0 Å². The summed E-state index contributed by atoms with van der Waals surface area (Å²) in [5, 5.41) is 1.90. The largest absolute Gasteiger partial charge is 0.496 e. The number of methoxy groups -OCH3 is 1. The molecule has 2 aromatic rings. The molecule has 0 radical (unpaired) electrons. The summed E-state index contributed by atoms with van der Waals surface area (Å²) in [6, 6.07) is 11.3. The molecule has 3 rings (SSSR count). The van der Waals surface area contributed by atoms with Crippen molar-refractivity contribution in [1.29, 1.82) is 0 Å². The van der Waals surface area contributed by atoms with Crippen molar-refractivity contribution in [2.45, 2.75) is 32.3 Å². The molecule has 1 saturated heterocycles. The Labute approximate surface area is 147 Å².